The summed E-state index contributed by atoms with van der Waals surface area (Å²) < 4.78 is 0. The van der Waals surface area contributed by atoms with E-state index >= 15 is 0 Å². The average Bonchev–Trinajstić information content (AvgIpc) is 3.32. The summed E-state index contributed by atoms with van der Waals surface area (Å²) in [6, 6.07) is 6.69. The van der Waals surface area contributed by atoms with E-state index in [-0.39, 0.29) is 35.7 Å². The van der Waals surface area contributed by atoms with Gasteiger partial charge < -0.3 is 20.9 Å². The van der Waals surface area contributed by atoms with Gasteiger partial charge in [0.05, 0.1) is 6.04 Å². The molecule has 184 valence electrons. The fourth-order valence-electron chi connectivity index (χ4n) is 4.46. The van der Waals surface area contributed by atoms with Crippen LogP contribution in [0.15, 0.2) is 24.3 Å². The molecule has 4 rings (SSSR count). The van der Waals surface area contributed by atoms with Gasteiger partial charge >= 0.3 is 0 Å². The highest BCUT2D eigenvalue weighted by Gasteiger charge is 2.41. The van der Waals surface area contributed by atoms with Crippen LogP contribution in [0.5, 0.6) is 0 Å². The Labute approximate surface area is 207 Å². The number of carbonyl (C=O) groups excluding carboxylic acids is 3. The first-order chi connectivity index (χ1) is 16.9. The van der Waals surface area contributed by atoms with Crippen molar-refractivity contribution in [3.8, 4) is 23.7 Å². The summed E-state index contributed by atoms with van der Waals surface area (Å²) in [6.07, 6.45) is 4.58. The van der Waals surface area contributed by atoms with Gasteiger partial charge in [0.25, 0.3) is 0 Å². The largest absolute Gasteiger partial charge is 0.350 e. The van der Waals surface area contributed by atoms with Crippen LogP contribution in [0.1, 0.15) is 57.1 Å². The maximum atomic E-state index is 13.1. The van der Waals surface area contributed by atoms with Crippen LogP contribution < -0.4 is 16.0 Å². The van der Waals surface area contributed by atoms with Crippen LogP contribution in [0.4, 0.5) is 0 Å². The zero-order chi connectivity index (χ0) is 24.8. The number of likely N-dealkylation sites (tertiary alicyclic amines) is 1. The molecule has 3 atom stereocenters. The summed E-state index contributed by atoms with van der Waals surface area (Å²) in [5.74, 6) is 11.9. The zero-order valence-electron chi connectivity index (χ0n) is 20.5. The zero-order valence-corrected chi connectivity index (χ0v) is 20.5. The van der Waals surface area contributed by atoms with Crippen molar-refractivity contribution in [1.29, 1.82) is 0 Å². The maximum Gasteiger partial charge on any atom is 0.243 e. The second kappa shape index (κ2) is 11.4. The second-order valence-electron chi connectivity index (χ2n) is 9.96. The van der Waals surface area contributed by atoms with E-state index in [1.807, 2.05) is 38.1 Å². The molecular formula is C28H34N4O3. The van der Waals surface area contributed by atoms with E-state index in [1.165, 1.54) is 12.8 Å². The van der Waals surface area contributed by atoms with E-state index < -0.39 is 6.04 Å². The van der Waals surface area contributed by atoms with Gasteiger partial charge in [-0.05, 0) is 68.2 Å². The third-order valence-corrected chi connectivity index (χ3v) is 6.65. The summed E-state index contributed by atoms with van der Waals surface area (Å²) >= 11 is 0. The minimum absolute atomic E-state index is 0.0489. The molecule has 2 saturated heterocycles. The Bertz CT molecular complexity index is 1060. The first-order valence-corrected chi connectivity index (χ1v) is 12.6. The Morgan fingerprint density at radius 3 is 2.51 bits per heavy atom. The van der Waals surface area contributed by atoms with E-state index in [1.54, 1.807) is 4.90 Å². The van der Waals surface area contributed by atoms with Crippen LogP contribution in [0, 0.1) is 35.5 Å². The molecule has 0 radical (unpaired) electrons. The number of hydrogen-bond donors (Lipinski definition) is 3. The van der Waals surface area contributed by atoms with Gasteiger partial charge in [-0.3, -0.25) is 14.4 Å². The van der Waals surface area contributed by atoms with E-state index in [2.05, 4.69) is 39.6 Å². The average molecular weight is 475 g/mol. The third kappa shape index (κ3) is 6.87. The maximum absolute atomic E-state index is 13.1. The Morgan fingerprint density at radius 2 is 1.86 bits per heavy atom. The lowest BCUT2D eigenvalue weighted by Crippen LogP contribution is -2.47. The molecule has 7 heteroatoms. The molecule has 0 aromatic heterocycles. The normalized spacial score (nSPS) is 23.2. The minimum Gasteiger partial charge on any atom is -0.350 e. The number of nitrogens with one attached hydrogen (secondary N) is 3. The molecule has 3 aliphatic rings. The summed E-state index contributed by atoms with van der Waals surface area (Å²) in [5.41, 5.74) is 1.83. The lowest BCUT2D eigenvalue weighted by molar-refractivity contribution is -0.140. The summed E-state index contributed by atoms with van der Waals surface area (Å²) in [7, 11) is 0. The van der Waals surface area contributed by atoms with Gasteiger partial charge in [0.15, 0.2) is 0 Å². The van der Waals surface area contributed by atoms with E-state index in [4.69, 9.17) is 0 Å². The lowest BCUT2D eigenvalue weighted by Gasteiger charge is -2.25. The first-order valence-electron chi connectivity index (χ1n) is 12.6. The SMILES string of the molecule is CC(C)C(=O)N1C[C@H](NC(=O)[C@@H]2CCCN2)C[C@@H]1C(=O)NCc1ccc(C#CC#CC2CC2)cc1. The molecule has 2 heterocycles. The van der Waals surface area contributed by atoms with Crippen LogP contribution in [-0.2, 0) is 20.9 Å². The van der Waals surface area contributed by atoms with Gasteiger partial charge in [-0.25, -0.2) is 0 Å². The Balaban J connectivity index is 1.32. The van der Waals surface area contributed by atoms with Crippen molar-refractivity contribution in [2.75, 3.05) is 13.1 Å². The van der Waals surface area contributed by atoms with E-state index in [0.717, 1.165) is 30.5 Å². The van der Waals surface area contributed by atoms with E-state index in [0.29, 0.717) is 25.4 Å². The molecule has 3 amide bonds. The number of benzene rings is 1. The number of nitrogens with zero attached hydrogens (tertiary/aromatic N) is 1. The number of rotatable bonds is 6. The highest BCUT2D eigenvalue weighted by atomic mass is 16.2. The molecule has 1 aliphatic carbocycles. The highest BCUT2D eigenvalue weighted by molar-refractivity contribution is 5.89. The molecular weight excluding hydrogens is 440 g/mol. The van der Waals surface area contributed by atoms with Crippen LogP contribution >= 0.6 is 0 Å². The second-order valence-corrected chi connectivity index (χ2v) is 9.96. The molecule has 7 nitrogen and oxygen atoms in total. The van der Waals surface area contributed by atoms with Gasteiger partial charge in [-0.1, -0.05) is 37.8 Å². The standard InChI is InChI=1S/C28H34N4O3/c1-19(2)28(35)32-18-23(31-26(33)24-8-5-15-29-24)16-25(32)27(34)30-17-22-13-11-21(12-14-22)7-4-3-6-20-9-10-20/h11-14,19-20,23-25,29H,5,8-10,15-18H2,1-2H3,(H,30,34)(H,31,33)/t23-,24+,25-/m1/s1. The summed E-state index contributed by atoms with van der Waals surface area (Å²) in [4.78, 5) is 40.1. The van der Waals surface area contributed by atoms with Crippen molar-refractivity contribution in [3.63, 3.8) is 0 Å². The molecule has 1 saturated carbocycles. The Morgan fingerprint density at radius 1 is 1.09 bits per heavy atom. The monoisotopic (exact) mass is 474 g/mol. The van der Waals surface area contributed by atoms with Gasteiger partial charge in [0.2, 0.25) is 17.7 Å². The lowest BCUT2D eigenvalue weighted by atomic mass is 10.1. The number of hydrogen-bond acceptors (Lipinski definition) is 4. The van der Waals surface area contributed by atoms with Crippen molar-refractivity contribution in [1.82, 2.24) is 20.9 Å². The smallest absolute Gasteiger partial charge is 0.243 e. The summed E-state index contributed by atoms with van der Waals surface area (Å²) in [5, 5.41) is 9.20. The van der Waals surface area contributed by atoms with Crippen molar-refractivity contribution >= 4 is 17.7 Å². The third-order valence-electron chi connectivity index (χ3n) is 6.65. The van der Waals surface area contributed by atoms with Gasteiger partial charge in [-0.15, -0.1) is 0 Å². The molecule has 2 aliphatic heterocycles. The molecule has 1 aromatic rings. The fourth-order valence-corrected chi connectivity index (χ4v) is 4.46. The Hall–Kier alpha value is -3.29. The molecule has 0 unspecified atom stereocenters. The molecule has 0 bridgehead atoms. The first kappa shape index (κ1) is 24.8. The van der Waals surface area contributed by atoms with Crippen molar-refractivity contribution in [2.24, 2.45) is 11.8 Å². The predicted octanol–water partition coefficient (Wildman–Crippen LogP) is 1.56. The summed E-state index contributed by atoms with van der Waals surface area (Å²) in [6.45, 7) is 5.21. The molecule has 1 aromatic carbocycles. The predicted molar refractivity (Wildman–Crippen MR) is 134 cm³/mol. The Kier molecular flexibility index (Phi) is 8.10. The van der Waals surface area contributed by atoms with Crippen LogP contribution in [0.25, 0.3) is 0 Å². The topological polar surface area (TPSA) is 90.5 Å². The fraction of sp³-hybridized carbons (Fsp3) is 0.536. The van der Waals surface area contributed by atoms with Gasteiger partial charge in [0, 0.05) is 36.5 Å². The van der Waals surface area contributed by atoms with E-state index in [9.17, 15) is 14.4 Å². The molecule has 0 spiro atoms. The molecule has 3 N–H and O–H groups in total. The van der Waals surface area contributed by atoms with Crippen molar-refractivity contribution < 1.29 is 14.4 Å². The molecule has 3 fully saturated rings. The number of carbonyl (C=O) groups is 3. The van der Waals surface area contributed by atoms with Gasteiger partial charge in [-0.2, -0.15) is 0 Å². The van der Waals surface area contributed by atoms with Crippen molar-refractivity contribution in [3.05, 3.63) is 35.4 Å². The van der Waals surface area contributed by atoms with Crippen LogP contribution in [0.2, 0.25) is 0 Å². The molecule has 35 heavy (non-hydrogen) atoms. The highest BCUT2D eigenvalue weighted by Crippen LogP contribution is 2.27. The minimum atomic E-state index is -0.595. The van der Waals surface area contributed by atoms with Crippen LogP contribution in [0.3, 0.4) is 0 Å². The number of amides is 3. The van der Waals surface area contributed by atoms with Crippen LogP contribution in [-0.4, -0.2) is 53.8 Å². The quantitative estimate of drug-likeness (QED) is 0.546. The van der Waals surface area contributed by atoms with Gasteiger partial charge in [0.1, 0.15) is 6.04 Å². The van der Waals surface area contributed by atoms with Crippen molar-refractivity contribution in [2.45, 2.75) is 70.6 Å².